The molecule has 0 aliphatic carbocycles. The van der Waals surface area contributed by atoms with Gasteiger partial charge in [-0.2, -0.15) is 4.98 Å². The lowest BCUT2D eigenvalue weighted by Crippen LogP contribution is -2.41. The number of aryl methyl sites for hydroxylation is 1. The molecule has 3 atom stereocenters. The molecule has 1 amide bonds. The van der Waals surface area contributed by atoms with Gasteiger partial charge in [0.05, 0.1) is 17.8 Å². The highest BCUT2D eigenvalue weighted by atomic mass is 35.5. The van der Waals surface area contributed by atoms with Crippen LogP contribution in [-0.4, -0.2) is 44.9 Å². The average molecular weight is 460 g/mol. The SMILES string of the molecule is Cc1sc([C@H](C)Nc2nccc(N3C(=O)OCC3[C@@H](C)O)n2)nc1-c1ccc(Cl)cc1. The molecule has 1 aliphatic rings. The van der Waals surface area contributed by atoms with Crippen LogP contribution >= 0.6 is 22.9 Å². The fourth-order valence-electron chi connectivity index (χ4n) is 3.34. The molecule has 1 aromatic carbocycles. The van der Waals surface area contributed by atoms with Crippen LogP contribution in [-0.2, 0) is 4.74 Å². The predicted octanol–water partition coefficient (Wildman–Crippen LogP) is 4.44. The van der Waals surface area contributed by atoms with E-state index in [4.69, 9.17) is 21.3 Å². The Bertz CT molecular complexity index is 1090. The molecule has 31 heavy (non-hydrogen) atoms. The molecule has 3 aromatic rings. The van der Waals surface area contributed by atoms with Crippen LogP contribution in [0.4, 0.5) is 16.6 Å². The number of thiazole rings is 1. The van der Waals surface area contributed by atoms with E-state index in [0.717, 1.165) is 21.1 Å². The van der Waals surface area contributed by atoms with Crippen molar-refractivity contribution in [1.29, 1.82) is 0 Å². The van der Waals surface area contributed by atoms with Crippen LogP contribution in [0, 0.1) is 6.92 Å². The van der Waals surface area contributed by atoms with E-state index in [9.17, 15) is 9.90 Å². The number of aliphatic hydroxyl groups excluding tert-OH is 1. The van der Waals surface area contributed by atoms with Crippen molar-refractivity contribution in [3.05, 3.63) is 51.4 Å². The third kappa shape index (κ3) is 4.48. The Morgan fingerprint density at radius 1 is 1.26 bits per heavy atom. The van der Waals surface area contributed by atoms with Gasteiger partial charge in [-0.15, -0.1) is 11.3 Å². The number of aliphatic hydroxyl groups is 1. The molecule has 4 rings (SSSR count). The molecule has 2 aromatic heterocycles. The van der Waals surface area contributed by atoms with Gasteiger partial charge >= 0.3 is 6.09 Å². The number of cyclic esters (lactones) is 1. The summed E-state index contributed by atoms with van der Waals surface area (Å²) in [4.78, 5) is 28.1. The van der Waals surface area contributed by atoms with Gasteiger partial charge in [0.1, 0.15) is 23.5 Å². The number of amides is 1. The molecule has 0 bridgehead atoms. The van der Waals surface area contributed by atoms with Crippen molar-refractivity contribution >= 4 is 40.8 Å². The van der Waals surface area contributed by atoms with Crippen LogP contribution in [0.3, 0.4) is 0 Å². The summed E-state index contributed by atoms with van der Waals surface area (Å²) in [5.74, 6) is 0.727. The first kappa shape index (κ1) is 21.5. The van der Waals surface area contributed by atoms with Crippen molar-refractivity contribution in [2.24, 2.45) is 0 Å². The first-order valence-electron chi connectivity index (χ1n) is 9.80. The molecular weight excluding hydrogens is 438 g/mol. The van der Waals surface area contributed by atoms with E-state index < -0.39 is 18.2 Å². The Balaban J connectivity index is 1.54. The Labute approximate surface area is 188 Å². The van der Waals surface area contributed by atoms with Crippen molar-refractivity contribution in [2.75, 3.05) is 16.8 Å². The monoisotopic (exact) mass is 459 g/mol. The maximum absolute atomic E-state index is 12.1. The quantitative estimate of drug-likeness (QED) is 0.561. The lowest BCUT2D eigenvalue weighted by Gasteiger charge is -2.22. The summed E-state index contributed by atoms with van der Waals surface area (Å²) in [6, 6.07) is 8.57. The number of halogens is 1. The average Bonchev–Trinajstić information content (AvgIpc) is 3.32. The van der Waals surface area contributed by atoms with E-state index in [0.29, 0.717) is 16.8 Å². The van der Waals surface area contributed by atoms with Crippen LogP contribution in [0.2, 0.25) is 5.02 Å². The van der Waals surface area contributed by atoms with E-state index in [2.05, 4.69) is 15.3 Å². The van der Waals surface area contributed by atoms with Crippen molar-refractivity contribution in [3.8, 4) is 11.3 Å². The summed E-state index contributed by atoms with van der Waals surface area (Å²) in [7, 11) is 0. The van der Waals surface area contributed by atoms with Gasteiger partial charge in [-0.05, 0) is 39.0 Å². The molecule has 1 aliphatic heterocycles. The van der Waals surface area contributed by atoms with Gasteiger partial charge < -0.3 is 15.2 Å². The molecule has 8 nitrogen and oxygen atoms in total. The second kappa shape index (κ2) is 8.78. The number of rotatable bonds is 6. The number of ether oxygens (including phenoxy) is 1. The minimum absolute atomic E-state index is 0.117. The number of aromatic nitrogens is 3. The number of hydrogen-bond acceptors (Lipinski definition) is 8. The smallest absolute Gasteiger partial charge is 0.416 e. The second-order valence-electron chi connectivity index (χ2n) is 7.32. The van der Waals surface area contributed by atoms with E-state index >= 15 is 0 Å². The third-order valence-electron chi connectivity index (χ3n) is 5.00. The maximum Gasteiger partial charge on any atom is 0.416 e. The molecule has 3 heterocycles. The lowest BCUT2D eigenvalue weighted by atomic mass is 10.1. The fourth-order valence-corrected chi connectivity index (χ4v) is 4.41. The van der Waals surface area contributed by atoms with E-state index in [1.807, 2.05) is 38.1 Å². The summed E-state index contributed by atoms with van der Waals surface area (Å²) < 4.78 is 5.08. The highest BCUT2D eigenvalue weighted by Gasteiger charge is 2.38. The number of anilines is 2. The summed E-state index contributed by atoms with van der Waals surface area (Å²) in [5.41, 5.74) is 1.92. The summed E-state index contributed by atoms with van der Waals surface area (Å²) in [6.07, 6.45) is 0.280. The van der Waals surface area contributed by atoms with Crippen molar-refractivity contribution < 1.29 is 14.6 Å². The maximum atomic E-state index is 12.1. The number of benzene rings is 1. The first-order valence-corrected chi connectivity index (χ1v) is 11.0. The standard InChI is InChI=1S/C21H22ClN5O3S/c1-11(19-26-18(13(3)31-19)14-4-6-15(22)7-5-14)24-20-23-9-8-17(25-20)27-16(12(2)28)10-30-21(27)29/h4-9,11-12,16,28H,10H2,1-3H3,(H,23,24,25)/t11-,12+,16?/m0/s1. The van der Waals surface area contributed by atoms with Gasteiger partial charge in [-0.1, -0.05) is 23.7 Å². The molecule has 0 radical (unpaired) electrons. The van der Waals surface area contributed by atoms with Gasteiger partial charge in [0.15, 0.2) is 0 Å². The number of nitrogens with one attached hydrogen (secondary N) is 1. The Morgan fingerprint density at radius 3 is 2.71 bits per heavy atom. The second-order valence-corrected chi connectivity index (χ2v) is 8.99. The largest absolute Gasteiger partial charge is 0.447 e. The van der Waals surface area contributed by atoms with Crippen LogP contribution < -0.4 is 10.2 Å². The van der Waals surface area contributed by atoms with Crippen molar-refractivity contribution in [2.45, 2.75) is 39.0 Å². The minimum Gasteiger partial charge on any atom is -0.447 e. The summed E-state index contributed by atoms with van der Waals surface area (Å²) in [6.45, 7) is 5.74. The predicted molar refractivity (Wildman–Crippen MR) is 121 cm³/mol. The van der Waals surface area contributed by atoms with Gasteiger partial charge in [0.25, 0.3) is 0 Å². The summed E-state index contributed by atoms with van der Waals surface area (Å²) >= 11 is 7.59. The first-order chi connectivity index (χ1) is 14.8. The molecule has 2 N–H and O–H groups in total. The zero-order valence-corrected chi connectivity index (χ0v) is 18.8. The highest BCUT2D eigenvalue weighted by Crippen LogP contribution is 2.32. The number of carbonyl (C=O) groups is 1. The molecule has 162 valence electrons. The lowest BCUT2D eigenvalue weighted by molar-refractivity contribution is 0.142. The van der Waals surface area contributed by atoms with Gasteiger partial charge in [-0.3, -0.25) is 4.90 Å². The normalized spacial score (nSPS) is 18.0. The zero-order valence-electron chi connectivity index (χ0n) is 17.2. The third-order valence-corrected chi connectivity index (χ3v) is 6.40. The number of hydrogen-bond donors (Lipinski definition) is 2. The van der Waals surface area contributed by atoms with Gasteiger partial charge in [-0.25, -0.2) is 14.8 Å². The number of carbonyl (C=O) groups excluding carboxylic acids is 1. The van der Waals surface area contributed by atoms with E-state index in [1.54, 1.807) is 30.5 Å². The molecular formula is C21H22ClN5O3S. The summed E-state index contributed by atoms with van der Waals surface area (Å²) in [5, 5.41) is 14.8. The zero-order chi connectivity index (χ0) is 22.1. The van der Waals surface area contributed by atoms with Crippen molar-refractivity contribution in [1.82, 2.24) is 15.0 Å². The highest BCUT2D eigenvalue weighted by molar-refractivity contribution is 7.12. The fraction of sp³-hybridized carbons (Fsp3) is 0.333. The number of nitrogens with zero attached hydrogens (tertiary/aromatic N) is 4. The molecule has 0 saturated carbocycles. The Kier molecular flexibility index (Phi) is 6.08. The molecule has 0 spiro atoms. The Morgan fingerprint density at radius 2 is 2.00 bits per heavy atom. The van der Waals surface area contributed by atoms with Crippen LogP contribution in [0.25, 0.3) is 11.3 Å². The molecule has 1 saturated heterocycles. The van der Waals surface area contributed by atoms with Crippen LogP contribution in [0.1, 0.15) is 29.8 Å². The molecule has 1 fully saturated rings. The van der Waals surface area contributed by atoms with Crippen LogP contribution in [0.15, 0.2) is 36.5 Å². The molecule has 1 unspecified atom stereocenters. The van der Waals surface area contributed by atoms with Crippen molar-refractivity contribution in [3.63, 3.8) is 0 Å². The topological polar surface area (TPSA) is 100 Å². The Hall–Kier alpha value is -2.75. The van der Waals surface area contributed by atoms with Gasteiger partial charge in [0, 0.05) is 21.7 Å². The minimum atomic E-state index is -0.749. The van der Waals surface area contributed by atoms with E-state index in [-0.39, 0.29) is 12.6 Å². The molecule has 10 heteroatoms. The van der Waals surface area contributed by atoms with Crippen LogP contribution in [0.5, 0.6) is 0 Å². The van der Waals surface area contributed by atoms with E-state index in [1.165, 1.54) is 4.90 Å². The van der Waals surface area contributed by atoms with Gasteiger partial charge in [0.2, 0.25) is 5.95 Å².